The lowest BCUT2D eigenvalue weighted by molar-refractivity contribution is 0.298. The Hall–Kier alpha value is -1.61. The highest BCUT2D eigenvalue weighted by Crippen LogP contribution is 2.28. The van der Waals surface area contributed by atoms with Crippen LogP contribution < -0.4 is 0 Å². The fourth-order valence-corrected chi connectivity index (χ4v) is 2.74. The second-order valence-electron chi connectivity index (χ2n) is 5.27. The maximum atomic E-state index is 9.11. The summed E-state index contributed by atoms with van der Waals surface area (Å²) < 4.78 is 2.12. The normalized spacial score (nSPS) is 11.1. The number of aromatic nitrogens is 2. The number of aliphatic hydroxyl groups is 1. The maximum Gasteiger partial charge on any atom is 0.140 e. The molecule has 1 N–H and O–H groups in total. The number of aryl methyl sites for hydroxylation is 3. The molecule has 102 valence electrons. The van der Waals surface area contributed by atoms with Crippen LogP contribution in [-0.4, -0.2) is 21.3 Å². The predicted octanol–water partition coefficient (Wildman–Crippen LogP) is 2.86. The molecular weight excluding hydrogens is 236 g/mol. The summed E-state index contributed by atoms with van der Waals surface area (Å²) in [7, 11) is 2.04. The van der Waals surface area contributed by atoms with E-state index in [-0.39, 0.29) is 6.61 Å². The number of rotatable bonds is 3. The minimum Gasteiger partial charge on any atom is -0.396 e. The van der Waals surface area contributed by atoms with E-state index in [4.69, 9.17) is 10.1 Å². The highest BCUT2D eigenvalue weighted by molar-refractivity contribution is 5.66. The van der Waals surface area contributed by atoms with Crippen LogP contribution in [0.4, 0.5) is 0 Å². The van der Waals surface area contributed by atoms with Crippen LogP contribution in [0, 0.1) is 27.7 Å². The average Bonchev–Trinajstić information content (AvgIpc) is 2.57. The number of hydrogen-bond acceptors (Lipinski definition) is 2. The van der Waals surface area contributed by atoms with Gasteiger partial charge in [-0.05, 0) is 38.8 Å². The van der Waals surface area contributed by atoms with Crippen molar-refractivity contribution in [2.24, 2.45) is 7.05 Å². The lowest BCUT2D eigenvalue weighted by Gasteiger charge is -2.11. The Morgan fingerprint density at radius 1 is 1.11 bits per heavy atom. The van der Waals surface area contributed by atoms with Gasteiger partial charge in [-0.15, -0.1) is 0 Å². The van der Waals surface area contributed by atoms with Crippen LogP contribution in [0.5, 0.6) is 0 Å². The minimum atomic E-state index is 0.142. The molecule has 1 aromatic carbocycles. The third kappa shape index (κ3) is 2.43. The van der Waals surface area contributed by atoms with E-state index in [2.05, 4.69) is 44.4 Å². The number of imidazole rings is 1. The summed E-state index contributed by atoms with van der Waals surface area (Å²) in [5.74, 6) is 0.996. The molecule has 0 atom stereocenters. The van der Waals surface area contributed by atoms with E-state index in [0.717, 1.165) is 17.2 Å². The summed E-state index contributed by atoms with van der Waals surface area (Å²) in [4.78, 5) is 4.72. The van der Waals surface area contributed by atoms with Gasteiger partial charge in [0, 0.05) is 31.3 Å². The standard InChI is InChI=1S/C16H22N2O/c1-10-8-11(2)15(12(3)9-10)16-17-14(6-7-19)13(4)18(16)5/h8-9,19H,6-7H2,1-5H3. The molecule has 1 aromatic heterocycles. The van der Waals surface area contributed by atoms with Crippen LogP contribution in [0.25, 0.3) is 11.4 Å². The van der Waals surface area contributed by atoms with Gasteiger partial charge in [0.1, 0.15) is 5.82 Å². The molecule has 0 unspecified atom stereocenters. The number of hydrogen-bond donors (Lipinski definition) is 1. The van der Waals surface area contributed by atoms with Crippen LogP contribution in [0.15, 0.2) is 12.1 Å². The largest absolute Gasteiger partial charge is 0.396 e. The fraction of sp³-hybridized carbons (Fsp3) is 0.438. The Morgan fingerprint density at radius 3 is 2.21 bits per heavy atom. The van der Waals surface area contributed by atoms with Crippen molar-refractivity contribution in [3.05, 3.63) is 40.2 Å². The van der Waals surface area contributed by atoms with Gasteiger partial charge in [0.15, 0.2) is 0 Å². The lowest BCUT2D eigenvalue weighted by Crippen LogP contribution is -1.99. The van der Waals surface area contributed by atoms with Gasteiger partial charge in [0.25, 0.3) is 0 Å². The van der Waals surface area contributed by atoms with Crippen LogP contribution in [0.2, 0.25) is 0 Å². The molecular formula is C16H22N2O. The molecule has 0 aliphatic carbocycles. The number of aliphatic hydroxyl groups excluding tert-OH is 1. The Balaban J connectivity index is 2.63. The van der Waals surface area contributed by atoms with Crippen molar-refractivity contribution in [3.63, 3.8) is 0 Å². The van der Waals surface area contributed by atoms with Crippen LogP contribution >= 0.6 is 0 Å². The van der Waals surface area contributed by atoms with Crippen molar-refractivity contribution < 1.29 is 5.11 Å². The molecule has 2 rings (SSSR count). The van der Waals surface area contributed by atoms with Crippen molar-refractivity contribution in [2.45, 2.75) is 34.1 Å². The van der Waals surface area contributed by atoms with Crippen molar-refractivity contribution in [2.75, 3.05) is 6.61 Å². The van der Waals surface area contributed by atoms with Gasteiger partial charge < -0.3 is 9.67 Å². The summed E-state index contributed by atoms with van der Waals surface area (Å²) in [6.07, 6.45) is 0.615. The molecule has 1 heterocycles. The van der Waals surface area contributed by atoms with E-state index in [1.54, 1.807) is 0 Å². The summed E-state index contributed by atoms with van der Waals surface area (Å²) in [6, 6.07) is 4.39. The third-order valence-corrected chi connectivity index (χ3v) is 3.73. The molecule has 0 saturated heterocycles. The zero-order valence-corrected chi connectivity index (χ0v) is 12.4. The smallest absolute Gasteiger partial charge is 0.140 e. The molecule has 0 aliphatic rings. The van der Waals surface area contributed by atoms with Crippen molar-refractivity contribution in [1.29, 1.82) is 0 Å². The molecule has 0 fully saturated rings. The zero-order valence-electron chi connectivity index (χ0n) is 12.4. The van der Waals surface area contributed by atoms with Crippen LogP contribution in [0.3, 0.4) is 0 Å². The first-order chi connectivity index (χ1) is 8.95. The van der Waals surface area contributed by atoms with Gasteiger partial charge in [-0.2, -0.15) is 0 Å². The highest BCUT2D eigenvalue weighted by Gasteiger charge is 2.16. The average molecular weight is 258 g/mol. The quantitative estimate of drug-likeness (QED) is 0.919. The maximum absolute atomic E-state index is 9.11. The lowest BCUT2D eigenvalue weighted by atomic mass is 9.99. The molecule has 3 heteroatoms. The number of benzene rings is 1. The van der Waals surface area contributed by atoms with E-state index < -0.39 is 0 Å². The molecule has 2 aromatic rings. The first-order valence-electron chi connectivity index (χ1n) is 6.67. The molecule has 19 heavy (non-hydrogen) atoms. The summed E-state index contributed by atoms with van der Waals surface area (Å²) in [6.45, 7) is 8.57. The first kappa shape index (κ1) is 13.8. The second kappa shape index (κ2) is 5.17. The van der Waals surface area contributed by atoms with E-state index in [9.17, 15) is 0 Å². The van der Waals surface area contributed by atoms with Gasteiger partial charge in [-0.1, -0.05) is 17.7 Å². The van der Waals surface area contributed by atoms with Crippen molar-refractivity contribution in [1.82, 2.24) is 9.55 Å². The van der Waals surface area contributed by atoms with Gasteiger partial charge >= 0.3 is 0 Å². The van der Waals surface area contributed by atoms with Gasteiger partial charge in [0.2, 0.25) is 0 Å². The predicted molar refractivity (Wildman–Crippen MR) is 78.4 cm³/mol. The third-order valence-electron chi connectivity index (χ3n) is 3.73. The van der Waals surface area contributed by atoms with E-state index in [1.807, 2.05) is 7.05 Å². The summed E-state index contributed by atoms with van der Waals surface area (Å²) in [5.41, 5.74) is 7.10. The van der Waals surface area contributed by atoms with E-state index in [1.165, 1.54) is 22.3 Å². The van der Waals surface area contributed by atoms with E-state index in [0.29, 0.717) is 6.42 Å². The molecule has 0 aliphatic heterocycles. The molecule has 0 amide bonds. The van der Waals surface area contributed by atoms with Gasteiger partial charge in [0.05, 0.1) is 5.69 Å². The summed E-state index contributed by atoms with van der Waals surface area (Å²) >= 11 is 0. The molecule has 3 nitrogen and oxygen atoms in total. The van der Waals surface area contributed by atoms with Gasteiger partial charge in [-0.25, -0.2) is 4.98 Å². The number of nitrogens with zero attached hydrogens (tertiary/aromatic N) is 2. The Kier molecular flexibility index (Phi) is 3.76. The van der Waals surface area contributed by atoms with Gasteiger partial charge in [-0.3, -0.25) is 0 Å². The Morgan fingerprint density at radius 2 is 1.68 bits per heavy atom. The Bertz CT molecular complexity index is 588. The molecule has 0 spiro atoms. The highest BCUT2D eigenvalue weighted by atomic mass is 16.3. The molecule has 0 saturated carbocycles. The topological polar surface area (TPSA) is 38.1 Å². The summed E-state index contributed by atoms with van der Waals surface area (Å²) in [5, 5.41) is 9.11. The Labute approximate surface area is 114 Å². The van der Waals surface area contributed by atoms with Crippen LogP contribution in [-0.2, 0) is 13.5 Å². The fourth-order valence-electron chi connectivity index (χ4n) is 2.74. The van der Waals surface area contributed by atoms with Crippen LogP contribution in [0.1, 0.15) is 28.1 Å². The first-order valence-corrected chi connectivity index (χ1v) is 6.67. The molecule has 0 bridgehead atoms. The SMILES string of the molecule is Cc1cc(C)c(-c2nc(CCO)c(C)n2C)c(C)c1. The van der Waals surface area contributed by atoms with Crippen molar-refractivity contribution >= 4 is 0 Å². The molecule has 0 radical (unpaired) electrons. The monoisotopic (exact) mass is 258 g/mol. The van der Waals surface area contributed by atoms with E-state index >= 15 is 0 Å². The van der Waals surface area contributed by atoms with Crippen molar-refractivity contribution in [3.8, 4) is 11.4 Å². The zero-order chi connectivity index (χ0) is 14.2. The second-order valence-corrected chi connectivity index (χ2v) is 5.27. The minimum absolute atomic E-state index is 0.142.